The summed E-state index contributed by atoms with van der Waals surface area (Å²) in [7, 11) is 1.54. The van der Waals surface area contributed by atoms with Gasteiger partial charge >= 0.3 is 0 Å². The molecule has 0 saturated heterocycles. The van der Waals surface area contributed by atoms with Crippen molar-refractivity contribution in [3.63, 3.8) is 0 Å². The van der Waals surface area contributed by atoms with Crippen LogP contribution < -0.4 is 15.0 Å². The summed E-state index contributed by atoms with van der Waals surface area (Å²) in [5.41, 5.74) is 3.71. The summed E-state index contributed by atoms with van der Waals surface area (Å²) < 4.78 is 5.14. The molecule has 0 aliphatic carbocycles. The highest BCUT2D eigenvalue weighted by Gasteiger charge is 2.37. The summed E-state index contributed by atoms with van der Waals surface area (Å²) in [6.07, 6.45) is 0. The maximum atomic E-state index is 13.1. The van der Waals surface area contributed by atoms with Gasteiger partial charge in [-0.2, -0.15) is 0 Å². The molecule has 5 rings (SSSR count). The highest BCUT2D eigenvalue weighted by molar-refractivity contribution is 6.34. The van der Waals surface area contributed by atoms with Gasteiger partial charge < -0.3 is 10.1 Å². The van der Waals surface area contributed by atoms with E-state index < -0.39 is 11.8 Å². The Morgan fingerprint density at radius 3 is 2.15 bits per heavy atom. The lowest BCUT2D eigenvalue weighted by molar-refractivity contribution is 0.0925. The van der Waals surface area contributed by atoms with Gasteiger partial charge in [0.2, 0.25) is 0 Å². The molecule has 0 aromatic heterocycles. The maximum absolute atomic E-state index is 13.1. The van der Waals surface area contributed by atoms with E-state index in [-0.39, 0.29) is 17.0 Å². The first-order chi connectivity index (χ1) is 16.6. The number of fused-ring (bicyclic) bond motifs is 1. The standard InChI is InChI=1S/C28H20N2O4/c1-34-21-14-12-20(13-15-21)30-27(32)23-16-11-19(17-24(23)28(30)33)26(31)29-25-10-6-5-9-22(25)18-7-3-2-4-8-18/h2-17H,1H3,(H,29,31). The minimum Gasteiger partial charge on any atom is -0.497 e. The molecule has 0 saturated carbocycles. The van der Waals surface area contributed by atoms with Crippen LogP contribution in [0.2, 0.25) is 0 Å². The fraction of sp³-hybridized carbons (Fsp3) is 0.0357. The van der Waals surface area contributed by atoms with Crippen molar-refractivity contribution in [2.24, 2.45) is 0 Å². The Hall–Kier alpha value is -4.71. The minimum absolute atomic E-state index is 0.199. The number of benzene rings is 4. The number of nitrogens with one attached hydrogen (secondary N) is 1. The Morgan fingerprint density at radius 1 is 0.735 bits per heavy atom. The second-order valence-corrected chi connectivity index (χ2v) is 7.77. The number of nitrogens with zero attached hydrogens (tertiary/aromatic N) is 1. The van der Waals surface area contributed by atoms with Crippen LogP contribution in [0.4, 0.5) is 11.4 Å². The molecule has 0 fully saturated rings. The number of methoxy groups -OCH3 is 1. The Balaban J connectivity index is 1.42. The summed E-state index contributed by atoms with van der Waals surface area (Å²) >= 11 is 0. The van der Waals surface area contributed by atoms with E-state index in [1.54, 1.807) is 37.4 Å². The summed E-state index contributed by atoms with van der Waals surface area (Å²) in [5.74, 6) is -0.638. The van der Waals surface area contributed by atoms with Gasteiger partial charge in [0.25, 0.3) is 17.7 Å². The predicted octanol–water partition coefficient (Wildman–Crippen LogP) is 5.42. The van der Waals surface area contributed by atoms with E-state index in [0.29, 0.717) is 22.7 Å². The number of anilines is 2. The molecule has 4 aromatic carbocycles. The number of hydrogen-bond acceptors (Lipinski definition) is 4. The van der Waals surface area contributed by atoms with Crippen molar-refractivity contribution in [3.8, 4) is 16.9 Å². The van der Waals surface area contributed by atoms with Crippen molar-refractivity contribution >= 4 is 29.1 Å². The van der Waals surface area contributed by atoms with Gasteiger partial charge in [-0.05, 0) is 54.1 Å². The predicted molar refractivity (Wildman–Crippen MR) is 130 cm³/mol. The first-order valence-corrected chi connectivity index (χ1v) is 10.7. The fourth-order valence-electron chi connectivity index (χ4n) is 4.00. The highest BCUT2D eigenvalue weighted by atomic mass is 16.5. The van der Waals surface area contributed by atoms with Crippen LogP contribution in [-0.2, 0) is 0 Å². The lowest BCUT2D eigenvalue weighted by Gasteiger charge is -2.14. The summed E-state index contributed by atoms with van der Waals surface area (Å²) in [4.78, 5) is 40.2. The third-order valence-electron chi connectivity index (χ3n) is 5.74. The van der Waals surface area contributed by atoms with E-state index in [4.69, 9.17) is 4.74 Å². The number of ether oxygens (including phenoxy) is 1. The molecule has 0 unspecified atom stereocenters. The Morgan fingerprint density at radius 2 is 1.41 bits per heavy atom. The minimum atomic E-state index is -0.468. The molecule has 1 heterocycles. The van der Waals surface area contributed by atoms with Crippen molar-refractivity contribution in [3.05, 3.63) is 114 Å². The van der Waals surface area contributed by atoms with Crippen LogP contribution in [-0.4, -0.2) is 24.8 Å². The molecule has 1 aliphatic heterocycles. The van der Waals surface area contributed by atoms with Crippen LogP contribution in [0, 0.1) is 0 Å². The monoisotopic (exact) mass is 448 g/mol. The van der Waals surface area contributed by atoms with Crippen LogP contribution in [0.1, 0.15) is 31.1 Å². The van der Waals surface area contributed by atoms with Gasteiger partial charge in [0.05, 0.1) is 23.9 Å². The number of hydrogen-bond donors (Lipinski definition) is 1. The molecule has 6 nitrogen and oxygen atoms in total. The summed E-state index contributed by atoms with van der Waals surface area (Å²) in [6.45, 7) is 0. The van der Waals surface area contributed by atoms with Gasteiger partial charge in [0, 0.05) is 16.8 Å². The topological polar surface area (TPSA) is 75.7 Å². The van der Waals surface area contributed by atoms with E-state index in [2.05, 4.69) is 5.32 Å². The van der Waals surface area contributed by atoms with E-state index in [1.165, 1.54) is 12.1 Å². The number of carbonyl (C=O) groups is 3. The molecule has 4 aromatic rings. The SMILES string of the molecule is COc1ccc(N2C(=O)c3ccc(C(=O)Nc4ccccc4-c4ccccc4)cc3C2=O)cc1. The molecule has 0 bridgehead atoms. The molecule has 0 spiro atoms. The Labute approximate surface area is 196 Å². The third-order valence-corrected chi connectivity index (χ3v) is 5.74. The lowest BCUT2D eigenvalue weighted by atomic mass is 10.0. The third kappa shape index (κ3) is 3.71. The second kappa shape index (κ2) is 8.67. The quantitative estimate of drug-likeness (QED) is 0.414. The van der Waals surface area contributed by atoms with Gasteiger partial charge in [-0.25, -0.2) is 4.90 Å². The molecule has 0 atom stereocenters. The van der Waals surface area contributed by atoms with Gasteiger partial charge in [-0.3, -0.25) is 14.4 Å². The zero-order chi connectivity index (χ0) is 23.7. The van der Waals surface area contributed by atoms with E-state index in [1.807, 2.05) is 54.6 Å². The van der Waals surface area contributed by atoms with Crippen LogP contribution >= 0.6 is 0 Å². The lowest BCUT2D eigenvalue weighted by Crippen LogP contribution is -2.29. The van der Waals surface area contributed by atoms with Crippen molar-refractivity contribution in [1.29, 1.82) is 0 Å². The zero-order valence-corrected chi connectivity index (χ0v) is 18.3. The highest BCUT2D eigenvalue weighted by Crippen LogP contribution is 2.31. The number of rotatable bonds is 5. The normalized spacial score (nSPS) is 12.4. The van der Waals surface area contributed by atoms with Crippen LogP contribution in [0.3, 0.4) is 0 Å². The second-order valence-electron chi connectivity index (χ2n) is 7.77. The van der Waals surface area contributed by atoms with Crippen LogP contribution in [0.5, 0.6) is 5.75 Å². The Bertz CT molecular complexity index is 1410. The average molecular weight is 448 g/mol. The molecule has 6 heteroatoms. The van der Waals surface area contributed by atoms with Crippen LogP contribution in [0.25, 0.3) is 11.1 Å². The smallest absolute Gasteiger partial charge is 0.266 e. The van der Waals surface area contributed by atoms with Crippen molar-refractivity contribution in [1.82, 2.24) is 0 Å². The largest absolute Gasteiger partial charge is 0.497 e. The molecule has 3 amide bonds. The number of imide groups is 1. The molecule has 166 valence electrons. The average Bonchev–Trinajstić information content (AvgIpc) is 3.14. The van der Waals surface area contributed by atoms with Gasteiger partial charge in [-0.15, -0.1) is 0 Å². The molecule has 34 heavy (non-hydrogen) atoms. The zero-order valence-electron chi connectivity index (χ0n) is 18.3. The molecular formula is C28H20N2O4. The van der Waals surface area contributed by atoms with E-state index in [9.17, 15) is 14.4 Å². The van der Waals surface area contributed by atoms with Crippen LogP contribution in [0.15, 0.2) is 97.1 Å². The first kappa shape index (κ1) is 21.2. The number of carbonyl (C=O) groups excluding carboxylic acids is 3. The van der Waals surface area contributed by atoms with Gasteiger partial charge in [-0.1, -0.05) is 48.5 Å². The van der Waals surface area contributed by atoms with Gasteiger partial charge in [0.15, 0.2) is 0 Å². The van der Waals surface area contributed by atoms with Crippen molar-refractivity contribution < 1.29 is 19.1 Å². The number of amides is 3. The molecule has 1 N–H and O–H groups in total. The summed E-state index contributed by atoms with van der Waals surface area (Å²) in [5, 5.41) is 2.94. The molecular weight excluding hydrogens is 428 g/mol. The fourth-order valence-corrected chi connectivity index (χ4v) is 4.00. The molecule has 1 aliphatic rings. The van der Waals surface area contributed by atoms with Crippen molar-refractivity contribution in [2.75, 3.05) is 17.3 Å². The van der Waals surface area contributed by atoms with Crippen molar-refractivity contribution in [2.45, 2.75) is 0 Å². The summed E-state index contributed by atoms with van der Waals surface area (Å²) in [6, 6.07) is 28.5. The Kier molecular flexibility index (Phi) is 5.40. The van der Waals surface area contributed by atoms with Gasteiger partial charge in [0.1, 0.15) is 5.75 Å². The van der Waals surface area contributed by atoms with E-state index >= 15 is 0 Å². The maximum Gasteiger partial charge on any atom is 0.266 e. The number of para-hydroxylation sites is 1. The molecule has 0 radical (unpaired) electrons. The van der Waals surface area contributed by atoms with E-state index in [0.717, 1.165) is 16.0 Å². The first-order valence-electron chi connectivity index (χ1n) is 10.7.